The van der Waals surface area contributed by atoms with Gasteiger partial charge in [0, 0.05) is 34.3 Å². The number of nitrogens with zero attached hydrogens (tertiary/aromatic N) is 2. The maximum Gasteiger partial charge on any atom is 0.348 e. The summed E-state index contributed by atoms with van der Waals surface area (Å²) < 4.78 is 15.0. The van der Waals surface area contributed by atoms with Gasteiger partial charge in [-0.3, -0.25) is 0 Å². The van der Waals surface area contributed by atoms with Gasteiger partial charge in [0.1, 0.15) is 15.6 Å². The second-order valence-corrected chi connectivity index (χ2v) is 6.30. The fourth-order valence-electron chi connectivity index (χ4n) is 1.91. The van der Waals surface area contributed by atoms with E-state index in [0.717, 1.165) is 17.8 Å². The molecule has 0 rings (SSSR count). The van der Waals surface area contributed by atoms with Gasteiger partial charge in [0.05, 0.1) is 19.8 Å². The van der Waals surface area contributed by atoms with Gasteiger partial charge in [-0.2, -0.15) is 0 Å². The first-order valence-corrected chi connectivity index (χ1v) is 9.00. The standard InChI is InChI=1S/C17H28N2O6S/c1-8-23-13(20)11-12(16(21)24-9-2)26-14(17(22)25-10-3)15(18(4)5)19(6)7/h11H,8-10H2,1-7H3/b12-11+. The molecule has 0 aliphatic rings. The maximum absolute atomic E-state index is 12.5. The first-order chi connectivity index (χ1) is 12.2. The number of hydrogen-bond acceptors (Lipinski definition) is 9. The van der Waals surface area contributed by atoms with Gasteiger partial charge in [-0.05, 0) is 20.8 Å². The van der Waals surface area contributed by atoms with Crippen molar-refractivity contribution in [2.45, 2.75) is 20.8 Å². The molecule has 8 nitrogen and oxygen atoms in total. The number of thioether (sulfide) groups is 1. The fraction of sp³-hybridized carbons (Fsp3) is 0.588. The van der Waals surface area contributed by atoms with Gasteiger partial charge in [-0.25, -0.2) is 14.4 Å². The third-order valence-electron chi connectivity index (χ3n) is 2.74. The number of esters is 3. The minimum absolute atomic E-state index is 0.0606. The molecule has 0 atom stereocenters. The molecule has 0 saturated heterocycles. The highest BCUT2D eigenvalue weighted by atomic mass is 32.2. The third-order valence-corrected chi connectivity index (χ3v) is 3.79. The number of hydrogen-bond donors (Lipinski definition) is 0. The van der Waals surface area contributed by atoms with E-state index in [1.807, 2.05) is 0 Å². The lowest BCUT2D eigenvalue weighted by Gasteiger charge is -2.27. The van der Waals surface area contributed by atoms with E-state index in [4.69, 9.17) is 14.2 Å². The summed E-state index contributed by atoms with van der Waals surface area (Å²) in [5, 5.41) is 0. The average molecular weight is 388 g/mol. The van der Waals surface area contributed by atoms with Crippen molar-refractivity contribution in [1.82, 2.24) is 9.80 Å². The Kier molecular flexibility index (Phi) is 11.2. The van der Waals surface area contributed by atoms with Crippen LogP contribution >= 0.6 is 11.8 Å². The molecule has 0 aromatic carbocycles. The van der Waals surface area contributed by atoms with E-state index in [1.165, 1.54) is 0 Å². The van der Waals surface area contributed by atoms with Gasteiger partial charge < -0.3 is 24.0 Å². The van der Waals surface area contributed by atoms with Gasteiger partial charge in [0.25, 0.3) is 0 Å². The highest BCUT2D eigenvalue weighted by Gasteiger charge is 2.26. The third kappa shape index (κ3) is 7.81. The van der Waals surface area contributed by atoms with Crippen molar-refractivity contribution < 1.29 is 28.6 Å². The molecule has 0 aromatic rings. The van der Waals surface area contributed by atoms with Gasteiger partial charge in [0.2, 0.25) is 0 Å². The molecule has 0 amide bonds. The van der Waals surface area contributed by atoms with Crippen LogP contribution in [0.4, 0.5) is 0 Å². The summed E-state index contributed by atoms with van der Waals surface area (Å²) >= 11 is 0.812. The van der Waals surface area contributed by atoms with Crippen LogP contribution in [-0.2, 0) is 28.6 Å². The van der Waals surface area contributed by atoms with Gasteiger partial charge in [-0.15, -0.1) is 0 Å². The predicted molar refractivity (Wildman–Crippen MR) is 100.0 cm³/mol. The highest BCUT2D eigenvalue weighted by molar-refractivity contribution is 8.08. The Morgan fingerprint density at radius 2 is 1.27 bits per heavy atom. The summed E-state index contributed by atoms with van der Waals surface area (Å²) in [5.74, 6) is -1.49. The quantitative estimate of drug-likeness (QED) is 0.314. The molecule has 0 radical (unpaired) electrons. The molecular formula is C17H28N2O6S. The van der Waals surface area contributed by atoms with E-state index in [9.17, 15) is 14.4 Å². The van der Waals surface area contributed by atoms with Crippen molar-refractivity contribution >= 4 is 29.7 Å². The minimum atomic E-state index is -0.718. The zero-order valence-electron chi connectivity index (χ0n) is 16.5. The number of carbonyl (C=O) groups is 3. The smallest absolute Gasteiger partial charge is 0.348 e. The van der Waals surface area contributed by atoms with Crippen LogP contribution in [0.15, 0.2) is 21.7 Å². The molecule has 0 N–H and O–H groups in total. The Bertz CT molecular complexity index is 560. The van der Waals surface area contributed by atoms with E-state index in [0.29, 0.717) is 5.82 Å². The van der Waals surface area contributed by atoms with Crippen molar-refractivity contribution in [3.63, 3.8) is 0 Å². The number of rotatable bonds is 10. The molecule has 0 saturated carbocycles. The van der Waals surface area contributed by atoms with Crippen LogP contribution < -0.4 is 0 Å². The maximum atomic E-state index is 12.5. The molecule has 0 aliphatic carbocycles. The normalized spacial score (nSPS) is 10.7. The Morgan fingerprint density at radius 3 is 1.69 bits per heavy atom. The second kappa shape index (κ2) is 12.2. The van der Waals surface area contributed by atoms with Crippen LogP contribution in [0.25, 0.3) is 0 Å². The lowest BCUT2D eigenvalue weighted by atomic mass is 10.4. The zero-order chi connectivity index (χ0) is 20.3. The summed E-state index contributed by atoms with van der Waals surface area (Å²) in [7, 11) is 7.03. The van der Waals surface area contributed by atoms with Crippen LogP contribution in [0.3, 0.4) is 0 Å². The Labute approximate surface area is 159 Å². The summed E-state index contributed by atoms with van der Waals surface area (Å²) in [6.07, 6.45) is 1.02. The first-order valence-electron chi connectivity index (χ1n) is 8.18. The van der Waals surface area contributed by atoms with Crippen molar-refractivity contribution in [1.29, 1.82) is 0 Å². The van der Waals surface area contributed by atoms with Crippen LogP contribution in [-0.4, -0.2) is 75.7 Å². The fourth-order valence-corrected chi connectivity index (χ4v) is 3.03. The molecule has 0 bridgehead atoms. The molecule has 0 spiro atoms. The van der Waals surface area contributed by atoms with Crippen molar-refractivity contribution in [3.8, 4) is 0 Å². The van der Waals surface area contributed by atoms with Gasteiger partial charge in [0.15, 0.2) is 0 Å². The van der Waals surface area contributed by atoms with E-state index >= 15 is 0 Å². The van der Waals surface area contributed by atoms with Crippen molar-refractivity contribution in [3.05, 3.63) is 21.7 Å². The van der Waals surface area contributed by atoms with E-state index in [1.54, 1.807) is 58.8 Å². The molecule has 0 heterocycles. The van der Waals surface area contributed by atoms with E-state index in [-0.39, 0.29) is 29.6 Å². The minimum Gasteiger partial charge on any atom is -0.463 e. The van der Waals surface area contributed by atoms with Gasteiger partial charge in [-0.1, -0.05) is 11.8 Å². The summed E-state index contributed by atoms with van der Waals surface area (Å²) in [6, 6.07) is 0. The largest absolute Gasteiger partial charge is 0.463 e. The monoisotopic (exact) mass is 388 g/mol. The number of ether oxygens (including phenoxy) is 3. The van der Waals surface area contributed by atoms with Crippen molar-refractivity contribution in [2.75, 3.05) is 48.0 Å². The number of carbonyl (C=O) groups excluding carboxylic acids is 3. The molecule has 26 heavy (non-hydrogen) atoms. The van der Waals surface area contributed by atoms with E-state index < -0.39 is 17.9 Å². The summed E-state index contributed by atoms with van der Waals surface area (Å²) in [6.45, 7) is 5.46. The average Bonchev–Trinajstić information content (AvgIpc) is 2.53. The van der Waals surface area contributed by atoms with Gasteiger partial charge >= 0.3 is 17.9 Å². The molecule has 0 aromatic heterocycles. The summed E-state index contributed by atoms with van der Waals surface area (Å²) in [5.41, 5.74) is 0. The van der Waals surface area contributed by atoms with Crippen LogP contribution in [0.5, 0.6) is 0 Å². The SMILES string of the molecule is CCOC(=O)/C=C(/SC(C(=O)OCC)=C(N(C)C)N(C)C)C(=O)OCC. The van der Waals surface area contributed by atoms with E-state index in [2.05, 4.69) is 0 Å². The predicted octanol–water partition coefficient (Wildman–Crippen LogP) is 1.59. The molecular weight excluding hydrogens is 360 g/mol. The van der Waals surface area contributed by atoms with Crippen LogP contribution in [0, 0.1) is 0 Å². The molecule has 148 valence electrons. The van der Waals surface area contributed by atoms with Crippen LogP contribution in [0.2, 0.25) is 0 Å². The summed E-state index contributed by atoms with van der Waals surface area (Å²) in [4.78, 5) is 40.0. The Balaban J connectivity index is 6.12. The lowest BCUT2D eigenvalue weighted by molar-refractivity contribution is -0.140. The molecule has 0 aliphatic heterocycles. The molecule has 0 unspecified atom stereocenters. The van der Waals surface area contributed by atoms with Crippen LogP contribution in [0.1, 0.15) is 20.8 Å². The Hall–Kier alpha value is -2.16. The first kappa shape index (κ1) is 23.8. The Morgan fingerprint density at radius 1 is 0.808 bits per heavy atom. The highest BCUT2D eigenvalue weighted by Crippen LogP contribution is 2.31. The second-order valence-electron chi connectivity index (χ2n) is 5.25. The lowest BCUT2D eigenvalue weighted by Crippen LogP contribution is -2.28. The molecule has 0 fully saturated rings. The molecule has 9 heteroatoms. The van der Waals surface area contributed by atoms with Crippen molar-refractivity contribution in [2.24, 2.45) is 0 Å². The topological polar surface area (TPSA) is 85.4 Å². The zero-order valence-corrected chi connectivity index (χ0v) is 17.3.